The van der Waals surface area contributed by atoms with Gasteiger partial charge in [0, 0.05) is 0 Å². The summed E-state index contributed by atoms with van der Waals surface area (Å²) in [6.45, 7) is 4.72. The average Bonchev–Trinajstić information content (AvgIpc) is 2.26. The molecule has 0 fully saturated rings. The van der Waals surface area contributed by atoms with E-state index < -0.39 is 18.0 Å². The molecule has 0 radical (unpaired) electrons. The third kappa shape index (κ3) is 3.04. The van der Waals surface area contributed by atoms with Gasteiger partial charge in [0.15, 0.2) is 6.10 Å². The van der Waals surface area contributed by atoms with Crippen molar-refractivity contribution in [1.82, 2.24) is 0 Å². The van der Waals surface area contributed by atoms with E-state index in [0.717, 1.165) is 11.1 Å². The van der Waals surface area contributed by atoms with Crippen LogP contribution >= 0.6 is 0 Å². The van der Waals surface area contributed by atoms with Crippen molar-refractivity contribution in [3.8, 4) is 0 Å². The number of carbonyl (C=O) groups excluding carboxylic acids is 1. The number of alkyl halides is 2. The van der Waals surface area contributed by atoms with Gasteiger partial charge in [0.05, 0.1) is 6.61 Å². The molecule has 0 saturated carbocycles. The Hall–Kier alpha value is -1.49. The summed E-state index contributed by atoms with van der Waals surface area (Å²) in [5.41, 5.74) is 1.48. The van der Waals surface area contributed by atoms with E-state index in [2.05, 4.69) is 4.74 Å². The van der Waals surface area contributed by atoms with Crippen molar-refractivity contribution in [2.45, 2.75) is 32.8 Å². The zero-order valence-electron chi connectivity index (χ0n) is 10.5. The second-order valence-corrected chi connectivity index (χ2v) is 4.17. The standard InChI is InChI=1S/C13H16F2O3/c1-4-18-12(17)13(14,15)11(16)10-6-8(2)5-9(3)7-10/h5-7,11,16H,4H2,1-3H3. The summed E-state index contributed by atoms with van der Waals surface area (Å²) in [6.07, 6.45) is -2.20. The summed E-state index contributed by atoms with van der Waals surface area (Å²) < 4.78 is 31.5. The second-order valence-electron chi connectivity index (χ2n) is 4.17. The highest BCUT2D eigenvalue weighted by Gasteiger charge is 2.49. The Bertz CT molecular complexity index is 424. The monoisotopic (exact) mass is 258 g/mol. The maximum absolute atomic E-state index is 13.6. The molecule has 18 heavy (non-hydrogen) atoms. The molecule has 0 saturated heterocycles. The lowest BCUT2D eigenvalue weighted by molar-refractivity contribution is -0.189. The molecule has 0 aromatic heterocycles. The lowest BCUT2D eigenvalue weighted by Gasteiger charge is -2.21. The predicted molar refractivity (Wildman–Crippen MR) is 62.5 cm³/mol. The molecular weight excluding hydrogens is 242 g/mol. The number of benzene rings is 1. The number of halogens is 2. The van der Waals surface area contributed by atoms with Crippen LogP contribution in [0.25, 0.3) is 0 Å². The maximum Gasteiger partial charge on any atom is 0.380 e. The van der Waals surface area contributed by atoms with Gasteiger partial charge in [-0.3, -0.25) is 0 Å². The summed E-state index contributed by atoms with van der Waals surface area (Å²) in [7, 11) is 0. The zero-order valence-corrected chi connectivity index (χ0v) is 10.5. The normalized spacial score (nSPS) is 13.2. The van der Waals surface area contributed by atoms with Crippen LogP contribution in [0.5, 0.6) is 0 Å². The smallest absolute Gasteiger partial charge is 0.380 e. The van der Waals surface area contributed by atoms with Crippen LogP contribution in [0.4, 0.5) is 8.78 Å². The van der Waals surface area contributed by atoms with Crippen molar-refractivity contribution in [1.29, 1.82) is 0 Å². The summed E-state index contributed by atoms with van der Waals surface area (Å²) in [5, 5.41) is 9.64. The minimum atomic E-state index is -3.95. The highest BCUT2D eigenvalue weighted by atomic mass is 19.3. The van der Waals surface area contributed by atoms with E-state index in [1.54, 1.807) is 19.9 Å². The molecule has 1 aromatic rings. The first-order valence-corrected chi connectivity index (χ1v) is 5.60. The Morgan fingerprint density at radius 1 is 1.33 bits per heavy atom. The first-order valence-electron chi connectivity index (χ1n) is 5.60. The number of hydrogen-bond acceptors (Lipinski definition) is 3. The third-order valence-corrected chi connectivity index (χ3v) is 2.45. The maximum atomic E-state index is 13.6. The molecule has 0 aliphatic rings. The van der Waals surface area contributed by atoms with E-state index >= 15 is 0 Å². The Labute approximate surface area is 104 Å². The van der Waals surface area contributed by atoms with Crippen LogP contribution in [0.1, 0.15) is 29.7 Å². The van der Waals surface area contributed by atoms with E-state index in [-0.39, 0.29) is 12.2 Å². The molecule has 0 amide bonds. The molecule has 0 spiro atoms. The van der Waals surface area contributed by atoms with E-state index in [4.69, 9.17) is 0 Å². The molecule has 5 heteroatoms. The molecule has 0 heterocycles. The fraction of sp³-hybridized carbons (Fsp3) is 0.462. The quantitative estimate of drug-likeness (QED) is 0.844. The Morgan fingerprint density at radius 2 is 1.83 bits per heavy atom. The predicted octanol–water partition coefficient (Wildman–Crippen LogP) is 2.54. The summed E-state index contributed by atoms with van der Waals surface area (Å²) >= 11 is 0. The van der Waals surface area contributed by atoms with Gasteiger partial charge in [0.1, 0.15) is 0 Å². The lowest BCUT2D eigenvalue weighted by atomic mass is 9.99. The fourth-order valence-electron chi connectivity index (χ4n) is 1.72. The Morgan fingerprint density at radius 3 is 2.28 bits per heavy atom. The average molecular weight is 258 g/mol. The zero-order chi connectivity index (χ0) is 13.9. The minimum Gasteiger partial charge on any atom is -0.461 e. The van der Waals surface area contributed by atoms with Gasteiger partial charge in [-0.2, -0.15) is 8.78 Å². The van der Waals surface area contributed by atoms with Crippen LogP contribution in [0.2, 0.25) is 0 Å². The molecule has 3 nitrogen and oxygen atoms in total. The number of aliphatic hydroxyl groups is 1. The van der Waals surface area contributed by atoms with Crippen LogP contribution in [0, 0.1) is 13.8 Å². The minimum absolute atomic E-state index is 0.00514. The van der Waals surface area contributed by atoms with Crippen LogP contribution in [-0.4, -0.2) is 23.6 Å². The van der Waals surface area contributed by atoms with E-state index in [1.807, 2.05) is 0 Å². The van der Waals surface area contributed by atoms with Crippen molar-refractivity contribution in [3.05, 3.63) is 34.9 Å². The number of hydrogen-bond donors (Lipinski definition) is 1. The van der Waals surface area contributed by atoms with E-state index in [9.17, 15) is 18.7 Å². The number of aliphatic hydroxyl groups excluding tert-OH is 1. The number of esters is 1. The van der Waals surface area contributed by atoms with Crippen molar-refractivity contribution in [2.75, 3.05) is 6.61 Å². The first-order chi connectivity index (χ1) is 8.28. The summed E-state index contributed by atoms with van der Waals surface area (Å²) in [5.74, 6) is -5.66. The highest BCUT2D eigenvalue weighted by Crippen LogP contribution is 2.33. The second kappa shape index (κ2) is 5.44. The van der Waals surface area contributed by atoms with Crippen molar-refractivity contribution in [2.24, 2.45) is 0 Å². The fourth-order valence-corrected chi connectivity index (χ4v) is 1.72. The van der Waals surface area contributed by atoms with Gasteiger partial charge in [-0.25, -0.2) is 4.79 Å². The van der Waals surface area contributed by atoms with Gasteiger partial charge in [0.25, 0.3) is 0 Å². The molecule has 1 rings (SSSR count). The van der Waals surface area contributed by atoms with Gasteiger partial charge in [-0.05, 0) is 26.3 Å². The first kappa shape index (κ1) is 14.6. The molecule has 0 aliphatic heterocycles. The molecular formula is C13H16F2O3. The Kier molecular flexibility index (Phi) is 4.40. The summed E-state index contributed by atoms with van der Waals surface area (Å²) in [4.78, 5) is 11.1. The van der Waals surface area contributed by atoms with Crippen LogP contribution < -0.4 is 0 Å². The molecule has 1 atom stereocenters. The van der Waals surface area contributed by atoms with E-state index in [1.165, 1.54) is 19.1 Å². The molecule has 1 unspecified atom stereocenters. The summed E-state index contributed by atoms with van der Waals surface area (Å²) in [6, 6.07) is 4.63. The highest BCUT2D eigenvalue weighted by molar-refractivity contribution is 5.78. The van der Waals surface area contributed by atoms with Crippen molar-refractivity contribution in [3.63, 3.8) is 0 Å². The number of aryl methyl sites for hydroxylation is 2. The number of rotatable bonds is 4. The lowest BCUT2D eigenvalue weighted by Crippen LogP contribution is -2.37. The van der Waals surface area contributed by atoms with Gasteiger partial charge in [-0.15, -0.1) is 0 Å². The van der Waals surface area contributed by atoms with Gasteiger partial charge in [-0.1, -0.05) is 29.3 Å². The van der Waals surface area contributed by atoms with Crippen LogP contribution in [0.15, 0.2) is 18.2 Å². The molecule has 100 valence electrons. The van der Waals surface area contributed by atoms with Crippen molar-refractivity contribution >= 4 is 5.97 Å². The van der Waals surface area contributed by atoms with Crippen LogP contribution in [0.3, 0.4) is 0 Å². The SMILES string of the molecule is CCOC(=O)C(F)(F)C(O)c1cc(C)cc(C)c1. The number of carbonyl (C=O) groups is 1. The van der Waals surface area contributed by atoms with Crippen molar-refractivity contribution < 1.29 is 23.4 Å². The molecule has 1 aromatic carbocycles. The van der Waals surface area contributed by atoms with Gasteiger partial charge < -0.3 is 9.84 Å². The molecule has 0 aliphatic carbocycles. The topological polar surface area (TPSA) is 46.5 Å². The molecule has 0 bridgehead atoms. The number of ether oxygens (including phenoxy) is 1. The Balaban J connectivity index is 3.04. The van der Waals surface area contributed by atoms with E-state index in [0.29, 0.717) is 0 Å². The van der Waals surface area contributed by atoms with Crippen LogP contribution in [-0.2, 0) is 9.53 Å². The molecule has 1 N–H and O–H groups in total. The van der Waals surface area contributed by atoms with Gasteiger partial charge >= 0.3 is 11.9 Å². The third-order valence-electron chi connectivity index (χ3n) is 2.45. The largest absolute Gasteiger partial charge is 0.461 e. The van der Waals surface area contributed by atoms with Gasteiger partial charge in [0.2, 0.25) is 0 Å².